The summed E-state index contributed by atoms with van der Waals surface area (Å²) in [7, 11) is 1.74. The Kier molecular flexibility index (Phi) is 8.82. The van der Waals surface area contributed by atoms with E-state index in [0.717, 1.165) is 37.6 Å². The van der Waals surface area contributed by atoms with Crippen molar-refractivity contribution in [3.8, 4) is 17.1 Å². The van der Waals surface area contributed by atoms with Crippen LogP contribution in [0.3, 0.4) is 0 Å². The Labute approximate surface area is 254 Å². The molecule has 0 saturated carbocycles. The third-order valence-electron chi connectivity index (χ3n) is 8.97. The molecule has 3 aromatic rings. The lowest BCUT2D eigenvalue weighted by molar-refractivity contribution is 0.0945. The lowest BCUT2D eigenvalue weighted by Gasteiger charge is -2.36. The molecule has 0 atom stereocenters. The Morgan fingerprint density at radius 1 is 1.14 bits per heavy atom. The summed E-state index contributed by atoms with van der Waals surface area (Å²) in [4.78, 5) is 26.3. The number of likely N-dealkylation sites (N-methyl/N-ethyl adjacent to an activating group) is 1. The van der Waals surface area contributed by atoms with Gasteiger partial charge < -0.3 is 34.2 Å². The number of benzene rings is 1. The fourth-order valence-corrected chi connectivity index (χ4v) is 6.32. The number of ether oxygens (including phenoxy) is 1. The molecule has 2 N–H and O–H groups in total. The molecule has 4 heterocycles. The molecule has 0 spiro atoms. The van der Waals surface area contributed by atoms with Crippen LogP contribution in [-0.2, 0) is 17.4 Å². The first kappa shape index (κ1) is 31.0. The van der Waals surface area contributed by atoms with E-state index in [4.69, 9.17) is 9.16 Å². The summed E-state index contributed by atoms with van der Waals surface area (Å²) in [6.07, 6.45) is 1.82. The summed E-state index contributed by atoms with van der Waals surface area (Å²) in [6.45, 7) is 16.3. The number of nitrogens with one attached hydrogen (secondary N) is 2. The van der Waals surface area contributed by atoms with E-state index in [0.29, 0.717) is 48.8 Å². The fourth-order valence-electron chi connectivity index (χ4n) is 5.29. The summed E-state index contributed by atoms with van der Waals surface area (Å²) in [5.41, 5.74) is 3.82. The molecule has 0 unspecified atom stereocenters. The van der Waals surface area contributed by atoms with Gasteiger partial charge in [0, 0.05) is 57.1 Å². The van der Waals surface area contributed by atoms with Crippen LogP contribution < -0.4 is 20.3 Å². The first-order valence-electron chi connectivity index (χ1n) is 14.9. The second-order valence-electron chi connectivity index (χ2n) is 12.8. The zero-order valence-corrected chi connectivity index (χ0v) is 27.4. The molecule has 10 nitrogen and oxygen atoms in total. The Bertz CT molecular complexity index is 1480. The molecular weight excluding hydrogens is 565 g/mol. The van der Waals surface area contributed by atoms with Gasteiger partial charge in [0.05, 0.1) is 36.9 Å². The van der Waals surface area contributed by atoms with Crippen LogP contribution in [0.5, 0.6) is 5.75 Å². The van der Waals surface area contributed by atoms with Crippen LogP contribution in [0.25, 0.3) is 11.4 Å². The largest absolute Gasteiger partial charge is 0.495 e. The van der Waals surface area contributed by atoms with Gasteiger partial charge in [-0.3, -0.25) is 4.79 Å². The van der Waals surface area contributed by atoms with Crippen molar-refractivity contribution in [2.24, 2.45) is 0 Å². The van der Waals surface area contributed by atoms with E-state index in [9.17, 15) is 4.79 Å². The van der Waals surface area contributed by atoms with Crippen LogP contribution in [0.2, 0.25) is 18.1 Å². The lowest BCUT2D eigenvalue weighted by atomic mass is 10.1. The molecule has 1 fully saturated rings. The standard InChI is InChI=1S/C31H44FN7O3Si/c1-31(2,3)43(6,7)42-17-16-39-25-10-11-33-29(40)22(25)19-26(39)28-23(32)20-34-30(36-28)35-24-18-21(8-9-27(24)41-5)38-14-12-37(4)13-15-38/h8-9,18-20H,10-17H2,1-7H3,(H,33,40)(H,34,35,36). The molecule has 0 bridgehead atoms. The van der Waals surface area contributed by atoms with Gasteiger partial charge in [0.15, 0.2) is 14.1 Å². The number of fused-ring (bicyclic) bond motifs is 1. The van der Waals surface area contributed by atoms with Crippen molar-refractivity contribution in [2.45, 2.75) is 51.9 Å². The zero-order chi connectivity index (χ0) is 30.9. The predicted octanol–water partition coefficient (Wildman–Crippen LogP) is 4.90. The van der Waals surface area contributed by atoms with E-state index in [1.807, 2.05) is 22.8 Å². The van der Waals surface area contributed by atoms with Crippen LogP contribution in [0.4, 0.5) is 21.7 Å². The molecule has 1 aromatic carbocycles. The highest BCUT2D eigenvalue weighted by Crippen LogP contribution is 2.37. The fraction of sp³-hybridized carbons (Fsp3) is 0.516. The highest BCUT2D eigenvalue weighted by atomic mass is 28.4. The average Bonchev–Trinajstić information content (AvgIpc) is 3.33. The number of halogens is 1. The minimum Gasteiger partial charge on any atom is -0.495 e. The Morgan fingerprint density at radius 2 is 1.88 bits per heavy atom. The number of nitrogens with zero attached hydrogens (tertiary/aromatic N) is 5. The van der Waals surface area contributed by atoms with Gasteiger partial charge in [-0.15, -0.1) is 0 Å². The Balaban J connectivity index is 1.46. The first-order chi connectivity index (χ1) is 20.4. The monoisotopic (exact) mass is 609 g/mol. The number of methoxy groups -OCH3 is 1. The minimum atomic E-state index is -2.00. The summed E-state index contributed by atoms with van der Waals surface area (Å²) in [5, 5.41) is 6.22. The Hall–Kier alpha value is -3.48. The summed E-state index contributed by atoms with van der Waals surface area (Å²) < 4.78 is 29.5. The smallest absolute Gasteiger partial charge is 0.253 e. The second-order valence-corrected chi connectivity index (χ2v) is 17.7. The molecule has 2 aliphatic heterocycles. The second kappa shape index (κ2) is 12.3. The highest BCUT2D eigenvalue weighted by Gasteiger charge is 2.37. The van der Waals surface area contributed by atoms with Crippen LogP contribution >= 0.6 is 0 Å². The minimum absolute atomic E-state index is 0.0634. The van der Waals surface area contributed by atoms with E-state index in [2.05, 4.69) is 71.3 Å². The number of hydrogen-bond acceptors (Lipinski definition) is 8. The van der Waals surface area contributed by atoms with Gasteiger partial charge in [-0.2, -0.15) is 0 Å². The number of anilines is 3. The van der Waals surface area contributed by atoms with E-state index < -0.39 is 14.1 Å². The van der Waals surface area contributed by atoms with Gasteiger partial charge in [0.1, 0.15) is 11.4 Å². The number of amides is 1. The van der Waals surface area contributed by atoms with Crippen molar-refractivity contribution in [1.82, 2.24) is 24.8 Å². The number of piperazine rings is 1. The first-order valence-corrected chi connectivity index (χ1v) is 17.8. The van der Waals surface area contributed by atoms with Crippen molar-refractivity contribution >= 4 is 31.5 Å². The van der Waals surface area contributed by atoms with E-state index >= 15 is 4.39 Å². The van der Waals surface area contributed by atoms with E-state index in [1.165, 1.54) is 6.20 Å². The highest BCUT2D eigenvalue weighted by molar-refractivity contribution is 6.74. The van der Waals surface area contributed by atoms with Gasteiger partial charge in [-0.1, -0.05) is 20.8 Å². The van der Waals surface area contributed by atoms with Gasteiger partial charge in [-0.05, 0) is 49.4 Å². The molecule has 2 aromatic heterocycles. The van der Waals surface area contributed by atoms with Gasteiger partial charge in [0.2, 0.25) is 5.95 Å². The molecule has 2 aliphatic rings. The normalized spacial score (nSPS) is 16.2. The summed E-state index contributed by atoms with van der Waals surface area (Å²) >= 11 is 0. The van der Waals surface area contributed by atoms with Crippen molar-refractivity contribution in [1.29, 1.82) is 0 Å². The quantitative estimate of drug-likeness (QED) is 0.331. The third-order valence-corrected chi connectivity index (χ3v) is 13.5. The third kappa shape index (κ3) is 6.56. The van der Waals surface area contributed by atoms with E-state index in [-0.39, 0.29) is 22.6 Å². The molecule has 232 valence electrons. The van der Waals surface area contributed by atoms with Crippen LogP contribution in [-0.4, -0.2) is 87.1 Å². The van der Waals surface area contributed by atoms with Crippen molar-refractivity contribution < 1.29 is 18.3 Å². The number of carbonyl (C=O) groups is 1. The topological polar surface area (TPSA) is 96.8 Å². The molecule has 43 heavy (non-hydrogen) atoms. The van der Waals surface area contributed by atoms with Crippen molar-refractivity contribution in [3.05, 3.63) is 47.5 Å². The maximum atomic E-state index is 15.5. The average molecular weight is 610 g/mol. The van der Waals surface area contributed by atoms with Gasteiger partial charge in [0.25, 0.3) is 5.91 Å². The molecular formula is C31H44FN7O3Si. The number of rotatable bonds is 9. The molecule has 5 rings (SSSR count). The maximum Gasteiger partial charge on any atom is 0.253 e. The molecule has 1 saturated heterocycles. The Morgan fingerprint density at radius 3 is 2.58 bits per heavy atom. The van der Waals surface area contributed by atoms with Crippen molar-refractivity contribution in [3.63, 3.8) is 0 Å². The summed E-state index contributed by atoms with van der Waals surface area (Å²) in [6, 6.07) is 7.71. The SMILES string of the molecule is COc1ccc(N2CCN(C)CC2)cc1Nc1ncc(F)c(-c2cc3c(n2CCO[Si](C)(C)C(C)(C)C)CCNC3=O)n1. The van der Waals surface area contributed by atoms with Crippen LogP contribution in [0.1, 0.15) is 36.8 Å². The lowest BCUT2D eigenvalue weighted by Crippen LogP contribution is -2.44. The molecule has 0 aliphatic carbocycles. The predicted molar refractivity (Wildman–Crippen MR) is 171 cm³/mol. The van der Waals surface area contributed by atoms with E-state index in [1.54, 1.807) is 13.2 Å². The van der Waals surface area contributed by atoms with Crippen molar-refractivity contribution in [2.75, 3.05) is 63.7 Å². The van der Waals surface area contributed by atoms with Gasteiger partial charge in [-0.25, -0.2) is 14.4 Å². The number of carbonyl (C=O) groups excluding carboxylic acids is 1. The maximum absolute atomic E-state index is 15.5. The van der Waals surface area contributed by atoms with Crippen LogP contribution in [0.15, 0.2) is 30.5 Å². The van der Waals surface area contributed by atoms with Gasteiger partial charge >= 0.3 is 0 Å². The molecule has 12 heteroatoms. The summed E-state index contributed by atoms with van der Waals surface area (Å²) in [5.74, 6) is 0.138. The molecule has 1 amide bonds. The molecule has 0 radical (unpaired) electrons. The number of hydrogen-bond donors (Lipinski definition) is 2. The number of aromatic nitrogens is 3. The zero-order valence-electron chi connectivity index (χ0n) is 26.4. The van der Waals surface area contributed by atoms with Crippen LogP contribution in [0, 0.1) is 5.82 Å².